The van der Waals surface area contributed by atoms with E-state index in [1.807, 2.05) is 6.92 Å². The van der Waals surface area contributed by atoms with Gasteiger partial charge < -0.3 is 20.7 Å². The molecule has 0 aliphatic rings. The predicted molar refractivity (Wildman–Crippen MR) is 83.0 cm³/mol. The van der Waals surface area contributed by atoms with Gasteiger partial charge in [-0.15, -0.1) is 0 Å². The molecule has 0 saturated carbocycles. The van der Waals surface area contributed by atoms with Crippen LogP contribution < -0.4 is 11.1 Å². The van der Waals surface area contributed by atoms with E-state index >= 15 is 0 Å². The molecule has 0 aromatic carbocycles. The van der Waals surface area contributed by atoms with Gasteiger partial charge in [-0.1, -0.05) is 6.92 Å². The van der Waals surface area contributed by atoms with Crippen LogP contribution in [0.15, 0.2) is 0 Å². The van der Waals surface area contributed by atoms with Gasteiger partial charge in [-0.2, -0.15) is 0 Å². The third-order valence-corrected chi connectivity index (χ3v) is 3.17. The Balaban J connectivity index is 2.54. The molecule has 6 heteroatoms. The maximum Gasteiger partial charge on any atom is 0.134 e. The number of nitrogens with one attached hydrogen (secondary N) is 1. The fraction of sp³-hybridized carbons (Fsp3) is 0.714. The van der Waals surface area contributed by atoms with Crippen molar-refractivity contribution in [1.29, 1.82) is 0 Å². The molecule has 0 radical (unpaired) electrons. The van der Waals surface area contributed by atoms with Crippen LogP contribution in [-0.2, 0) is 11.2 Å². The van der Waals surface area contributed by atoms with Crippen molar-refractivity contribution < 1.29 is 4.74 Å². The van der Waals surface area contributed by atoms with Gasteiger partial charge in [0.2, 0.25) is 0 Å². The molecular formula is C14H27N5O. The highest BCUT2D eigenvalue weighted by molar-refractivity contribution is 5.54. The highest BCUT2D eigenvalue weighted by Gasteiger charge is 2.08. The average Bonchev–Trinajstić information content (AvgIpc) is 2.42. The van der Waals surface area contributed by atoms with Gasteiger partial charge in [0.15, 0.2) is 0 Å². The molecule has 1 aromatic heterocycles. The molecule has 1 heterocycles. The van der Waals surface area contributed by atoms with Crippen molar-refractivity contribution in [2.75, 3.05) is 51.4 Å². The second-order valence-electron chi connectivity index (χ2n) is 4.97. The molecule has 3 N–H and O–H groups in total. The number of likely N-dealkylation sites (N-methyl/N-ethyl adjacent to an activating group) is 1. The van der Waals surface area contributed by atoms with E-state index in [0.717, 1.165) is 56.3 Å². The summed E-state index contributed by atoms with van der Waals surface area (Å²) in [5.41, 5.74) is 6.85. The Morgan fingerprint density at radius 3 is 2.70 bits per heavy atom. The van der Waals surface area contributed by atoms with Crippen molar-refractivity contribution in [1.82, 2.24) is 14.9 Å². The molecule has 0 unspecified atom stereocenters. The number of nitrogens with two attached hydrogens (primary N) is 1. The van der Waals surface area contributed by atoms with Crippen molar-refractivity contribution >= 4 is 11.6 Å². The number of ether oxygens (including phenoxy) is 1. The van der Waals surface area contributed by atoms with Gasteiger partial charge in [-0.25, -0.2) is 9.97 Å². The lowest BCUT2D eigenvalue weighted by Gasteiger charge is -2.17. The summed E-state index contributed by atoms with van der Waals surface area (Å²) in [6, 6.07) is 0. The van der Waals surface area contributed by atoms with Gasteiger partial charge in [0.05, 0.1) is 6.61 Å². The van der Waals surface area contributed by atoms with E-state index in [1.54, 1.807) is 7.11 Å². The smallest absolute Gasteiger partial charge is 0.134 e. The topological polar surface area (TPSA) is 76.3 Å². The number of rotatable bonds is 9. The van der Waals surface area contributed by atoms with Crippen LogP contribution in [0.2, 0.25) is 0 Å². The Morgan fingerprint density at radius 1 is 1.30 bits per heavy atom. The minimum atomic E-state index is 0.568. The Morgan fingerprint density at radius 2 is 2.05 bits per heavy atom. The predicted octanol–water partition coefficient (Wildman–Crippen LogP) is 1.31. The highest BCUT2D eigenvalue weighted by Crippen LogP contribution is 2.17. The van der Waals surface area contributed by atoms with Crippen LogP contribution in [0, 0.1) is 6.92 Å². The molecule has 0 fully saturated rings. The standard InChI is InChI=1S/C14H27N5O/c1-5-6-12-17-13(15)11(2)14(18-12)16-7-8-19(3)9-10-20-4/h5-10H2,1-4H3,(H3,15,16,17,18). The van der Waals surface area contributed by atoms with E-state index < -0.39 is 0 Å². The first kappa shape index (κ1) is 16.7. The summed E-state index contributed by atoms with van der Waals surface area (Å²) >= 11 is 0. The monoisotopic (exact) mass is 281 g/mol. The highest BCUT2D eigenvalue weighted by atomic mass is 16.5. The Hall–Kier alpha value is -1.40. The first-order valence-corrected chi connectivity index (χ1v) is 7.12. The first-order chi connectivity index (χ1) is 9.58. The minimum absolute atomic E-state index is 0.568. The van der Waals surface area contributed by atoms with E-state index in [0.29, 0.717) is 5.82 Å². The fourth-order valence-electron chi connectivity index (χ4n) is 1.81. The van der Waals surface area contributed by atoms with Crippen molar-refractivity contribution in [2.24, 2.45) is 0 Å². The number of methoxy groups -OCH3 is 1. The molecular weight excluding hydrogens is 254 g/mol. The summed E-state index contributed by atoms with van der Waals surface area (Å²) < 4.78 is 5.06. The van der Waals surface area contributed by atoms with Gasteiger partial charge in [-0.05, 0) is 20.4 Å². The molecule has 0 amide bonds. The molecule has 0 saturated heterocycles. The van der Waals surface area contributed by atoms with E-state index in [9.17, 15) is 0 Å². The van der Waals surface area contributed by atoms with E-state index in [4.69, 9.17) is 10.5 Å². The number of nitrogen functional groups attached to an aromatic ring is 1. The quantitative estimate of drug-likeness (QED) is 0.711. The van der Waals surface area contributed by atoms with E-state index in [-0.39, 0.29) is 0 Å². The SMILES string of the molecule is CCCc1nc(N)c(C)c(NCCN(C)CCOC)n1. The molecule has 0 spiro atoms. The number of hydrogen-bond acceptors (Lipinski definition) is 6. The van der Waals surface area contributed by atoms with Crippen molar-refractivity contribution in [3.05, 3.63) is 11.4 Å². The number of hydrogen-bond donors (Lipinski definition) is 2. The number of anilines is 2. The summed E-state index contributed by atoms with van der Waals surface area (Å²) in [6.45, 7) is 7.47. The summed E-state index contributed by atoms with van der Waals surface area (Å²) in [5.74, 6) is 2.23. The molecule has 0 aliphatic heterocycles. The van der Waals surface area contributed by atoms with Crippen LogP contribution in [0.3, 0.4) is 0 Å². The molecule has 1 aromatic rings. The second-order valence-corrected chi connectivity index (χ2v) is 4.97. The molecule has 6 nitrogen and oxygen atoms in total. The lowest BCUT2D eigenvalue weighted by Crippen LogP contribution is -2.28. The lowest BCUT2D eigenvalue weighted by atomic mass is 10.2. The normalized spacial score (nSPS) is 11.1. The van der Waals surface area contributed by atoms with Gasteiger partial charge in [0.1, 0.15) is 17.5 Å². The Bertz CT molecular complexity index is 411. The van der Waals surface area contributed by atoms with Crippen LogP contribution in [0.4, 0.5) is 11.6 Å². The molecule has 0 atom stereocenters. The van der Waals surface area contributed by atoms with Crippen molar-refractivity contribution in [3.63, 3.8) is 0 Å². The zero-order valence-corrected chi connectivity index (χ0v) is 13.1. The zero-order valence-electron chi connectivity index (χ0n) is 13.1. The van der Waals surface area contributed by atoms with Crippen LogP contribution >= 0.6 is 0 Å². The fourth-order valence-corrected chi connectivity index (χ4v) is 1.81. The van der Waals surface area contributed by atoms with Gasteiger partial charge in [0.25, 0.3) is 0 Å². The van der Waals surface area contributed by atoms with Crippen LogP contribution in [0.5, 0.6) is 0 Å². The average molecular weight is 281 g/mol. The van der Waals surface area contributed by atoms with Crippen LogP contribution in [-0.4, -0.2) is 55.3 Å². The minimum Gasteiger partial charge on any atom is -0.383 e. The molecule has 0 bridgehead atoms. The van der Waals surface area contributed by atoms with Gasteiger partial charge >= 0.3 is 0 Å². The third kappa shape index (κ3) is 5.30. The second kappa shape index (κ2) is 8.71. The summed E-state index contributed by atoms with van der Waals surface area (Å²) in [4.78, 5) is 11.1. The Labute approximate surface area is 121 Å². The maximum atomic E-state index is 5.93. The number of aryl methyl sites for hydroxylation is 1. The lowest BCUT2D eigenvalue weighted by molar-refractivity contribution is 0.163. The number of nitrogens with zero attached hydrogens (tertiary/aromatic N) is 3. The number of aromatic nitrogens is 2. The van der Waals surface area contributed by atoms with Crippen LogP contribution in [0.1, 0.15) is 24.7 Å². The summed E-state index contributed by atoms with van der Waals surface area (Å²) in [5, 5.41) is 3.35. The zero-order chi connectivity index (χ0) is 15.0. The molecule has 1 rings (SSSR count). The van der Waals surface area contributed by atoms with E-state index in [1.165, 1.54) is 0 Å². The van der Waals surface area contributed by atoms with Gasteiger partial charge in [0, 0.05) is 38.7 Å². The van der Waals surface area contributed by atoms with E-state index in [2.05, 4.69) is 34.2 Å². The summed E-state index contributed by atoms with van der Waals surface area (Å²) in [7, 11) is 3.79. The molecule has 114 valence electrons. The van der Waals surface area contributed by atoms with Crippen molar-refractivity contribution in [3.8, 4) is 0 Å². The largest absolute Gasteiger partial charge is 0.383 e. The third-order valence-electron chi connectivity index (χ3n) is 3.17. The maximum absolute atomic E-state index is 5.93. The molecule has 0 aliphatic carbocycles. The molecule has 20 heavy (non-hydrogen) atoms. The summed E-state index contributed by atoms with van der Waals surface area (Å²) in [6.07, 6.45) is 1.87. The Kier molecular flexibility index (Phi) is 7.25. The van der Waals surface area contributed by atoms with Gasteiger partial charge in [-0.3, -0.25) is 0 Å². The first-order valence-electron chi connectivity index (χ1n) is 7.12. The van der Waals surface area contributed by atoms with Crippen LogP contribution in [0.25, 0.3) is 0 Å². The van der Waals surface area contributed by atoms with Crippen molar-refractivity contribution in [2.45, 2.75) is 26.7 Å².